The molecule has 0 aromatic heterocycles. The van der Waals surface area contributed by atoms with E-state index < -0.39 is 0 Å². The number of aliphatic imine (C=N–C) groups is 1. The van der Waals surface area contributed by atoms with Crippen LogP contribution in [-0.4, -0.2) is 62.1 Å². The van der Waals surface area contributed by atoms with Crippen LogP contribution in [0.1, 0.15) is 45.4 Å². The van der Waals surface area contributed by atoms with Gasteiger partial charge in [0.15, 0.2) is 5.96 Å². The van der Waals surface area contributed by atoms with E-state index in [2.05, 4.69) is 29.1 Å². The summed E-state index contributed by atoms with van der Waals surface area (Å²) in [5, 5.41) is 3.52. The van der Waals surface area contributed by atoms with E-state index in [9.17, 15) is 0 Å². The molecule has 128 valence electrons. The molecule has 3 aliphatic rings. The minimum absolute atomic E-state index is 0. The molecule has 0 amide bonds. The van der Waals surface area contributed by atoms with Crippen molar-refractivity contribution < 1.29 is 0 Å². The van der Waals surface area contributed by atoms with Gasteiger partial charge in [0.25, 0.3) is 0 Å². The smallest absolute Gasteiger partial charge is 0.193 e. The minimum Gasteiger partial charge on any atom is -0.357 e. The van der Waals surface area contributed by atoms with Gasteiger partial charge in [-0.05, 0) is 70.5 Å². The number of nitrogens with one attached hydrogen (secondary N) is 1. The molecule has 1 N–H and O–H groups in total. The average molecular weight is 420 g/mol. The van der Waals surface area contributed by atoms with Gasteiger partial charge in [-0.25, -0.2) is 0 Å². The summed E-state index contributed by atoms with van der Waals surface area (Å²) in [7, 11) is 2.23. The summed E-state index contributed by atoms with van der Waals surface area (Å²) in [4.78, 5) is 9.94. The quantitative estimate of drug-likeness (QED) is 0.433. The van der Waals surface area contributed by atoms with Gasteiger partial charge >= 0.3 is 0 Å². The standard InChI is InChI=1S/C17H32N4.HI/c1-3-18-16(19-13-15-5-10-20(2)11-6-15)21-12-9-17(14-21)7-4-8-17;/h15H,3-14H2,1-2H3,(H,18,19);1H. The molecule has 0 radical (unpaired) electrons. The van der Waals surface area contributed by atoms with E-state index in [0.717, 1.165) is 19.0 Å². The summed E-state index contributed by atoms with van der Waals surface area (Å²) in [5.41, 5.74) is 0.656. The van der Waals surface area contributed by atoms with Crippen LogP contribution in [0.5, 0.6) is 0 Å². The monoisotopic (exact) mass is 420 g/mol. The number of likely N-dealkylation sites (tertiary alicyclic amines) is 2. The third-order valence-corrected chi connectivity index (χ3v) is 5.82. The fraction of sp³-hybridized carbons (Fsp3) is 0.941. The van der Waals surface area contributed by atoms with E-state index in [4.69, 9.17) is 4.99 Å². The third-order valence-electron chi connectivity index (χ3n) is 5.82. The van der Waals surface area contributed by atoms with Crippen LogP contribution < -0.4 is 5.32 Å². The minimum atomic E-state index is 0. The van der Waals surface area contributed by atoms with Crippen molar-refractivity contribution in [1.29, 1.82) is 0 Å². The van der Waals surface area contributed by atoms with E-state index in [0.29, 0.717) is 5.41 Å². The first kappa shape index (κ1) is 18.3. The van der Waals surface area contributed by atoms with Crippen LogP contribution >= 0.6 is 24.0 Å². The lowest BCUT2D eigenvalue weighted by Crippen LogP contribution is -2.43. The van der Waals surface area contributed by atoms with Crippen LogP contribution in [0.25, 0.3) is 0 Å². The zero-order valence-corrected chi connectivity index (χ0v) is 16.6. The molecule has 1 aliphatic carbocycles. The summed E-state index contributed by atoms with van der Waals surface area (Å²) in [5.74, 6) is 1.97. The molecule has 2 aliphatic heterocycles. The van der Waals surface area contributed by atoms with Crippen LogP contribution in [0.3, 0.4) is 0 Å². The normalized spacial score (nSPS) is 25.9. The van der Waals surface area contributed by atoms with E-state index in [1.54, 1.807) is 0 Å². The van der Waals surface area contributed by atoms with Crippen LogP contribution in [0.15, 0.2) is 4.99 Å². The van der Waals surface area contributed by atoms with Gasteiger partial charge in [-0.1, -0.05) is 6.42 Å². The molecule has 1 spiro atoms. The topological polar surface area (TPSA) is 30.9 Å². The van der Waals surface area contributed by atoms with Crippen molar-refractivity contribution in [1.82, 2.24) is 15.1 Å². The van der Waals surface area contributed by atoms with Gasteiger partial charge in [0.2, 0.25) is 0 Å². The fourth-order valence-electron chi connectivity index (χ4n) is 4.09. The second-order valence-electron chi connectivity index (χ2n) is 7.47. The molecule has 0 aromatic carbocycles. The van der Waals surface area contributed by atoms with Crippen molar-refractivity contribution in [3.63, 3.8) is 0 Å². The molecule has 0 atom stereocenters. The summed E-state index contributed by atoms with van der Waals surface area (Å²) in [6.45, 7) is 9.11. The Hall–Kier alpha value is -0.0400. The van der Waals surface area contributed by atoms with Crippen molar-refractivity contribution in [3.8, 4) is 0 Å². The Morgan fingerprint density at radius 3 is 2.45 bits per heavy atom. The van der Waals surface area contributed by atoms with Crippen LogP contribution in [0.2, 0.25) is 0 Å². The van der Waals surface area contributed by atoms with Gasteiger partial charge < -0.3 is 15.1 Å². The number of hydrogen-bond donors (Lipinski definition) is 1. The second-order valence-corrected chi connectivity index (χ2v) is 7.47. The largest absolute Gasteiger partial charge is 0.357 e. The Balaban J connectivity index is 0.00000176. The highest BCUT2D eigenvalue weighted by molar-refractivity contribution is 14.0. The SMILES string of the molecule is CCNC(=NCC1CCN(C)CC1)N1CCC2(CCC2)C1.I. The predicted molar refractivity (Wildman–Crippen MR) is 104 cm³/mol. The van der Waals surface area contributed by atoms with Gasteiger partial charge in [-0.15, -0.1) is 24.0 Å². The number of hydrogen-bond acceptors (Lipinski definition) is 2. The molecule has 0 aromatic rings. The lowest BCUT2D eigenvalue weighted by Gasteiger charge is -2.38. The van der Waals surface area contributed by atoms with Gasteiger partial charge in [0, 0.05) is 26.2 Å². The molecule has 4 nitrogen and oxygen atoms in total. The Labute approximate surface area is 153 Å². The first-order chi connectivity index (χ1) is 10.2. The molecule has 0 bridgehead atoms. The maximum Gasteiger partial charge on any atom is 0.193 e. The van der Waals surface area contributed by atoms with E-state index in [1.165, 1.54) is 70.7 Å². The van der Waals surface area contributed by atoms with Gasteiger partial charge in [-0.3, -0.25) is 4.99 Å². The molecular weight excluding hydrogens is 387 g/mol. The van der Waals surface area contributed by atoms with Crippen LogP contribution in [0.4, 0.5) is 0 Å². The highest BCUT2D eigenvalue weighted by Gasteiger charge is 2.43. The lowest BCUT2D eigenvalue weighted by atomic mass is 9.68. The first-order valence-corrected chi connectivity index (χ1v) is 8.93. The van der Waals surface area contributed by atoms with Gasteiger partial charge in [0.1, 0.15) is 0 Å². The zero-order valence-electron chi connectivity index (χ0n) is 14.3. The summed E-state index contributed by atoms with van der Waals surface area (Å²) in [6.07, 6.45) is 8.32. The first-order valence-electron chi connectivity index (χ1n) is 8.93. The van der Waals surface area contributed by atoms with Crippen molar-refractivity contribution >= 4 is 29.9 Å². The van der Waals surface area contributed by atoms with Gasteiger partial charge in [0.05, 0.1) is 0 Å². The van der Waals surface area contributed by atoms with Gasteiger partial charge in [-0.2, -0.15) is 0 Å². The number of rotatable bonds is 3. The number of guanidine groups is 1. The van der Waals surface area contributed by atoms with Crippen LogP contribution in [0, 0.1) is 11.3 Å². The van der Waals surface area contributed by atoms with Crippen LogP contribution in [-0.2, 0) is 0 Å². The highest BCUT2D eigenvalue weighted by atomic mass is 127. The average Bonchev–Trinajstić information content (AvgIpc) is 2.91. The van der Waals surface area contributed by atoms with E-state index in [1.807, 2.05) is 0 Å². The maximum atomic E-state index is 4.98. The molecule has 0 unspecified atom stereocenters. The lowest BCUT2D eigenvalue weighted by molar-refractivity contribution is 0.151. The number of nitrogens with zero attached hydrogens (tertiary/aromatic N) is 3. The molecule has 1 saturated carbocycles. The highest BCUT2D eigenvalue weighted by Crippen LogP contribution is 2.47. The van der Waals surface area contributed by atoms with Crippen molar-refractivity contribution in [2.75, 3.05) is 46.3 Å². The molecule has 22 heavy (non-hydrogen) atoms. The molecule has 2 heterocycles. The summed E-state index contributed by atoms with van der Waals surface area (Å²) >= 11 is 0. The third kappa shape index (κ3) is 4.28. The maximum absolute atomic E-state index is 4.98. The molecule has 3 rings (SSSR count). The van der Waals surface area contributed by atoms with E-state index >= 15 is 0 Å². The predicted octanol–water partition coefficient (Wildman–Crippen LogP) is 2.79. The van der Waals surface area contributed by atoms with Crippen molar-refractivity contribution in [2.45, 2.75) is 45.4 Å². The van der Waals surface area contributed by atoms with Crippen molar-refractivity contribution in [3.05, 3.63) is 0 Å². The molecular formula is C17H33IN4. The molecule has 5 heteroatoms. The number of halogens is 1. The second kappa shape index (κ2) is 8.18. The Bertz CT molecular complexity index is 373. The molecule has 3 fully saturated rings. The fourth-order valence-corrected chi connectivity index (χ4v) is 4.09. The Kier molecular flexibility index (Phi) is 6.80. The zero-order chi connectivity index (χ0) is 14.7. The Morgan fingerprint density at radius 1 is 1.18 bits per heavy atom. The number of piperidine rings is 1. The molecule has 2 saturated heterocycles. The van der Waals surface area contributed by atoms with Crippen molar-refractivity contribution in [2.24, 2.45) is 16.3 Å². The van der Waals surface area contributed by atoms with E-state index in [-0.39, 0.29) is 24.0 Å². The Morgan fingerprint density at radius 2 is 1.91 bits per heavy atom. The summed E-state index contributed by atoms with van der Waals surface area (Å²) in [6, 6.07) is 0. The summed E-state index contributed by atoms with van der Waals surface area (Å²) < 4.78 is 0.